The molecule has 0 aliphatic carbocycles. The highest BCUT2D eigenvalue weighted by Crippen LogP contribution is 2.37. The van der Waals surface area contributed by atoms with E-state index >= 15 is 0 Å². The highest BCUT2D eigenvalue weighted by atomic mass is 32.2. The second kappa shape index (κ2) is 9.25. The molecule has 2 fully saturated rings. The first-order chi connectivity index (χ1) is 17.5. The smallest absolute Gasteiger partial charge is 0.267 e. The van der Waals surface area contributed by atoms with E-state index in [2.05, 4.69) is 11.8 Å². The van der Waals surface area contributed by atoms with Crippen molar-refractivity contribution >= 4 is 51.7 Å². The Labute approximate surface area is 217 Å². The summed E-state index contributed by atoms with van der Waals surface area (Å²) in [6.45, 7) is 4.36. The van der Waals surface area contributed by atoms with Gasteiger partial charge in [-0.2, -0.15) is 0 Å². The van der Waals surface area contributed by atoms with Crippen LogP contribution in [0, 0.1) is 5.92 Å². The Balaban J connectivity index is 1.37. The number of thioether (sulfide) groups is 1. The molecule has 2 aromatic heterocycles. The highest BCUT2D eigenvalue weighted by molar-refractivity contribution is 8.26. The minimum atomic E-state index is -0.224. The summed E-state index contributed by atoms with van der Waals surface area (Å²) in [7, 11) is 0. The molecule has 184 valence electrons. The minimum Gasteiger partial charge on any atom is -0.454 e. The maximum absolute atomic E-state index is 13.6. The van der Waals surface area contributed by atoms with Gasteiger partial charge < -0.3 is 14.4 Å². The highest BCUT2D eigenvalue weighted by Gasteiger charge is 2.33. The summed E-state index contributed by atoms with van der Waals surface area (Å²) >= 11 is 6.76. The molecule has 10 heteroatoms. The predicted octanol–water partition coefficient (Wildman–Crippen LogP) is 4.06. The Bertz CT molecular complexity index is 1480. The lowest BCUT2D eigenvalue weighted by molar-refractivity contribution is -0.122. The van der Waals surface area contributed by atoms with Crippen LogP contribution >= 0.6 is 24.0 Å². The molecule has 3 aliphatic heterocycles. The van der Waals surface area contributed by atoms with Gasteiger partial charge in [-0.25, -0.2) is 4.98 Å². The maximum atomic E-state index is 13.6. The van der Waals surface area contributed by atoms with Crippen molar-refractivity contribution in [3.63, 3.8) is 0 Å². The van der Waals surface area contributed by atoms with Crippen LogP contribution in [0.15, 0.2) is 52.3 Å². The Morgan fingerprint density at radius 3 is 2.92 bits per heavy atom. The van der Waals surface area contributed by atoms with E-state index in [1.54, 1.807) is 23.2 Å². The topological polar surface area (TPSA) is 76.4 Å². The Morgan fingerprint density at radius 2 is 2.06 bits per heavy atom. The molecular weight excluding hydrogens is 496 g/mol. The van der Waals surface area contributed by atoms with Gasteiger partial charge in [0, 0.05) is 19.3 Å². The van der Waals surface area contributed by atoms with Crippen LogP contribution in [0.4, 0.5) is 5.82 Å². The number of aromatic nitrogens is 2. The first-order valence-electron chi connectivity index (χ1n) is 11.9. The number of amides is 1. The average molecular weight is 521 g/mol. The summed E-state index contributed by atoms with van der Waals surface area (Å²) in [5.74, 6) is 2.25. The van der Waals surface area contributed by atoms with E-state index in [4.69, 9.17) is 26.7 Å². The lowest BCUT2D eigenvalue weighted by Gasteiger charge is -2.32. The molecule has 36 heavy (non-hydrogen) atoms. The third-order valence-corrected chi connectivity index (χ3v) is 8.01. The molecule has 2 saturated heterocycles. The van der Waals surface area contributed by atoms with Crippen LogP contribution in [0.3, 0.4) is 0 Å². The monoisotopic (exact) mass is 520 g/mol. The van der Waals surface area contributed by atoms with Gasteiger partial charge in [0.1, 0.15) is 15.8 Å². The Morgan fingerprint density at radius 1 is 1.19 bits per heavy atom. The first-order valence-corrected chi connectivity index (χ1v) is 13.1. The fourth-order valence-electron chi connectivity index (χ4n) is 4.83. The number of nitrogens with zero attached hydrogens (tertiary/aromatic N) is 4. The standard InChI is InChI=1S/C26H24N4O4S2/c1-16-5-4-9-28(13-16)23-18(24(31)29-10-3-2-6-22(29)27-23)12-21-25(32)30(26(35)36-21)14-17-7-8-19-20(11-17)34-15-33-19/h2-3,6-8,10-12,16H,4-5,9,13-15H2,1H3/b21-12+/t16-/m1/s1. The number of thiocarbonyl (C=S) groups is 1. The normalized spacial score (nSPS) is 20.7. The molecule has 0 saturated carbocycles. The summed E-state index contributed by atoms with van der Waals surface area (Å²) in [6.07, 6.45) is 5.56. The van der Waals surface area contributed by atoms with Crippen LogP contribution in [0.5, 0.6) is 11.5 Å². The second-order valence-electron chi connectivity index (χ2n) is 9.23. The van der Waals surface area contributed by atoms with E-state index < -0.39 is 0 Å². The maximum Gasteiger partial charge on any atom is 0.267 e. The molecule has 1 atom stereocenters. The minimum absolute atomic E-state index is 0.191. The van der Waals surface area contributed by atoms with Crippen molar-refractivity contribution in [1.82, 2.24) is 14.3 Å². The molecule has 0 radical (unpaired) electrons. The van der Waals surface area contributed by atoms with Crippen molar-refractivity contribution in [1.29, 1.82) is 0 Å². The fraction of sp³-hybridized carbons (Fsp3) is 0.308. The number of carbonyl (C=O) groups is 1. The fourth-order valence-corrected chi connectivity index (χ4v) is 6.07. The molecule has 0 N–H and O–H groups in total. The number of pyridine rings is 1. The second-order valence-corrected chi connectivity index (χ2v) is 10.9. The molecule has 5 heterocycles. The van der Waals surface area contributed by atoms with Crippen LogP contribution in [0.25, 0.3) is 11.7 Å². The lowest BCUT2D eigenvalue weighted by Crippen LogP contribution is -2.37. The number of carbonyl (C=O) groups excluding carboxylic acids is 1. The average Bonchev–Trinajstić information content (AvgIpc) is 3.45. The van der Waals surface area contributed by atoms with Gasteiger partial charge in [-0.1, -0.05) is 43.0 Å². The summed E-state index contributed by atoms with van der Waals surface area (Å²) in [4.78, 5) is 36.0. The first kappa shape index (κ1) is 23.1. The van der Waals surface area contributed by atoms with Gasteiger partial charge in [-0.05, 0) is 54.7 Å². The molecule has 0 bridgehead atoms. The Hall–Kier alpha value is -3.37. The Kier molecular flexibility index (Phi) is 5.93. The molecule has 6 rings (SSSR count). The van der Waals surface area contributed by atoms with Gasteiger partial charge in [-0.15, -0.1) is 0 Å². The van der Waals surface area contributed by atoms with E-state index in [1.807, 2.05) is 30.3 Å². The van der Waals surface area contributed by atoms with E-state index in [9.17, 15) is 9.59 Å². The number of benzene rings is 1. The number of hydrogen-bond acceptors (Lipinski definition) is 8. The molecule has 3 aliphatic rings. The van der Waals surface area contributed by atoms with E-state index in [0.717, 1.165) is 31.5 Å². The van der Waals surface area contributed by atoms with E-state index in [1.165, 1.54) is 16.2 Å². The van der Waals surface area contributed by atoms with E-state index in [0.29, 0.717) is 50.2 Å². The van der Waals surface area contributed by atoms with Crippen molar-refractivity contribution in [2.24, 2.45) is 5.92 Å². The predicted molar refractivity (Wildman–Crippen MR) is 143 cm³/mol. The number of anilines is 1. The molecule has 3 aromatic rings. The molecule has 8 nitrogen and oxygen atoms in total. The number of rotatable bonds is 4. The molecule has 0 unspecified atom stereocenters. The molecule has 1 amide bonds. The quantitative estimate of drug-likeness (QED) is 0.377. The summed E-state index contributed by atoms with van der Waals surface area (Å²) in [5, 5.41) is 0. The summed E-state index contributed by atoms with van der Waals surface area (Å²) < 4.78 is 12.8. The van der Waals surface area contributed by atoms with Crippen molar-refractivity contribution in [3.8, 4) is 11.5 Å². The third kappa shape index (κ3) is 4.14. The van der Waals surface area contributed by atoms with Crippen LogP contribution in [0.2, 0.25) is 0 Å². The third-order valence-electron chi connectivity index (χ3n) is 6.63. The van der Waals surface area contributed by atoms with Gasteiger partial charge >= 0.3 is 0 Å². The number of piperidine rings is 1. The number of ether oxygens (including phenoxy) is 2. The van der Waals surface area contributed by atoms with Crippen LogP contribution in [0.1, 0.15) is 30.9 Å². The zero-order valence-electron chi connectivity index (χ0n) is 19.7. The van der Waals surface area contributed by atoms with Crippen LogP contribution in [-0.2, 0) is 11.3 Å². The van der Waals surface area contributed by atoms with Gasteiger partial charge in [-0.3, -0.25) is 18.9 Å². The molecule has 0 spiro atoms. The van der Waals surface area contributed by atoms with Crippen LogP contribution < -0.4 is 19.9 Å². The van der Waals surface area contributed by atoms with Gasteiger partial charge in [0.2, 0.25) is 6.79 Å². The number of fused-ring (bicyclic) bond motifs is 2. The van der Waals surface area contributed by atoms with E-state index in [-0.39, 0.29) is 18.3 Å². The summed E-state index contributed by atoms with van der Waals surface area (Å²) in [6, 6.07) is 11.1. The van der Waals surface area contributed by atoms with Gasteiger partial charge in [0.15, 0.2) is 11.5 Å². The van der Waals surface area contributed by atoms with Crippen molar-refractivity contribution < 1.29 is 14.3 Å². The zero-order valence-corrected chi connectivity index (χ0v) is 21.3. The largest absolute Gasteiger partial charge is 0.454 e. The van der Waals surface area contributed by atoms with Gasteiger partial charge in [0.05, 0.1) is 17.0 Å². The van der Waals surface area contributed by atoms with Crippen molar-refractivity contribution in [2.45, 2.75) is 26.3 Å². The van der Waals surface area contributed by atoms with Crippen LogP contribution in [-0.4, -0.2) is 44.4 Å². The van der Waals surface area contributed by atoms with Crippen molar-refractivity contribution in [2.75, 3.05) is 24.8 Å². The number of hydrogen-bond donors (Lipinski definition) is 0. The van der Waals surface area contributed by atoms with Crippen molar-refractivity contribution in [3.05, 3.63) is 69.0 Å². The summed E-state index contributed by atoms with van der Waals surface area (Å²) in [5.41, 5.74) is 1.68. The lowest BCUT2D eigenvalue weighted by atomic mass is 10.00. The zero-order chi connectivity index (χ0) is 24.8. The molecule has 1 aromatic carbocycles. The SMILES string of the molecule is C[C@@H]1CCCN(c2nc3ccccn3c(=O)c2/C=C2/SC(=S)N(Cc3ccc4c(c3)OCO4)C2=O)C1. The van der Waals surface area contributed by atoms with Gasteiger partial charge in [0.25, 0.3) is 11.5 Å². The molecular formula is C26H24N4O4S2.